The minimum absolute atomic E-state index is 0.460. The van der Waals surface area contributed by atoms with Crippen molar-refractivity contribution in [1.29, 1.82) is 0 Å². The molecule has 0 saturated heterocycles. The Kier molecular flexibility index (Phi) is 4.01. The summed E-state index contributed by atoms with van der Waals surface area (Å²) in [7, 11) is 0. The van der Waals surface area contributed by atoms with Gasteiger partial charge >= 0.3 is 0 Å². The van der Waals surface area contributed by atoms with E-state index < -0.39 is 5.60 Å². The molecule has 1 heterocycles. The van der Waals surface area contributed by atoms with Gasteiger partial charge in [-0.2, -0.15) is 5.10 Å². The van der Waals surface area contributed by atoms with Crippen LogP contribution in [0.5, 0.6) is 0 Å². The third kappa shape index (κ3) is 2.89. The summed E-state index contributed by atoms with van der Waals surface area (Å²) in [4.78, 5) is 4.21. The van der Waals surface area contributed by atoms with Crippen LogP contribution in [0.25, 0.3) is 0 Å². The van der Waals surface area contributed by atoms with Crippen molar-refractivity contribution < 1.29 is 5.11 Å². The summed E-state index contributed by atoms with van der Waals surface area (Å²) in [6.07, 6.45) is 1.99. The van der Waals surface area contributed by atoms with E-state index in [2.05, 4.69) is 32.7 Å². The monoisotopic (exact) mass is 357 g/mol. The zero-order chi connectivity index (χ0) is 13.2. The highest BCUT2D eigenvalue weighted by atomic mass is 127. The van der Waals surface area contributed by atoms with Crippen molar-refractivity contribution in [2.75, 3.05) is 0 Å². The van der Waals surface area contributed by atoms with Gasteiger partial charge in [-0.25, -0.2) is 4.98 Å². The molecule has 0 aliphatic rings. The second-order valence-electron chi connectivity index (χ2n) is 4.45. The lowest BCUT2D eigenvalue weighted by molar-refractivity contribution is 0.0543. The first-order valence-electron chi connectivity index (χ1n) is 5.88. The third-order valence-corrected chi connectivity index (χ3v) is 3.68. The van der Waals surface area contributed by atoms with Crippen LogP contribution in [0.1, 0.15) is 25.2 Å². The van der Waals surface area contributed by atoms with Crippen LogP contribution in [0.3, 0.4) is 0 Å². The quantitative estimate of drug-likeness (QED) is 0.855. The van der Waals surface area contributed by atoms with Crippen LogP contribution < -0.4 is 0 Å². The number of hydrogen-bond donors (Lipinski definition) is 1. The van der Waals surface area contributed by atoms with Crippen molar-refractivity contribution >= 4 is 22.6 Å². The van der Waals surface area contributed by atoms with E-state index in [-0.39, 0.29) is 0 Å². The molecular weight excluding hydrogens is 341 g/mol. The summed E-state index contributed by atoms with van der Waals surface area (Å²) < 4.78 is 2.96. The fourth-order valence-electron chi connectivity index (χ4n) is 1.91. The molecule has 1 aromatic carbocycles. The van der Waals surface area contributed by atoms with Gasteiger partial charge in [0.1, 0.15) is 12.2 Å². The normalized spacial score (nSPS) is 14.4. The fraction of sp³-hybridized carbons (Fsp3) is 0.385. The number of aryl methyl sites for hydroxylation is 1. The molecule has 18 heavy (non-hydrogen) atoms. The van der Waals surface area contributed by atoms with Crippen molar-refractivity contribution in [1.82, 2.24) is 14.8 Å². The van der Waals surface area contributed by atoms with Gasteiger partial charge in [0, 0.05) is 16.5 Å². The molecule has 96 valence electrons. The molecule has 0 saturated carbocycles. The second-order valence-corrected chi connectivity index (χ2v) is 5.70. The predicted molar refractivity (Wildman–Crippen MR) is 78.1 cm³/mol. The molecule has 2 aromatic rings. The zero-order valence-electron chi connectivity index (χ0n) is 10.5. The zero-order valence-corrected chi connectivity index (χ0v) is 12.6. The van der Waals surface area contributed by atoms with E-state index in [4.69, 9.17) is 0 Å². The Hall–Kier alpha value is -0.950. The number of rotatable bonds is 4. The van der Waals surface area contributed by atoms with Gasteiger partial charge in [-0.1, -0.05) is 12.1 Å². The first-order chi connectivity index (χ1) is 8.53. The van der Waals surface area contributed by atoms with E-state index >= 15 is 0 Å². The summed E-state index contributed by atoms with van der Waals surface area (Å²) in [5, 5.41) is 14.7. The van der Waals surface area contributed by atoms with Crippen molar-refractivity contribution in [3.63, 3.8) is 0 Å². The van der Waals surface area contributed by atoms with Crippen LogP contribution in [-0.2, 0) is 18.6 Å². The van der Waals surface area contributed by atoms with Crippen molar-refractivity contribution in [2.24, 2.45) is 0 Å². The topological polar surface area (TPSA) is 50.9 Å². The molecule has 0 aliphatic carbocycles. The molecule has 5 heteroatoms. The lowest BCUT2D eigenvalue weighted by Gasteiger charge is -2.23. The minimum Gasteiger partial charge on any atom is -0.385 e. The summed E-state index contributed by atoms with van der Waals surface area (Å²) in [5.74, 6) is 0.807. The van der Waals surface area contributed by atoms with Gasteiger partial charge in [-0.05, 0) is 54.1 Å². The summed E-state index contributed by atoms with van der Waals surface area (Å²) in [6, 6.07) is 7.90. The predicted octanol–water partition coefficient (Wildman–Crippen LogP) is 2.35. The van der Waals surface area contributed by atoms with E-state index in [1.807, 2.05) is 38.1 Å². The second kappa shape index (κ2) is 5.36. The number of benzene rings is 1. The lowest BCUT2D eigenvalue weighted by Crippen LogP contribution is -2.26. The Bertz CT molecular complexity index is 519. The average Bonchev–Trinajstić information content (AvgIpc) is 2.76. The van der Waals surface area contributed by atoms with Crippen LogP contribution in [0, 0.1) is 3.57 Å². The number of hydrogen-bond acceptors (Lipinski definition) is 3. The summed E-state index contributed by atoms with van der Waals surface area (Å²) in [5.41, 5.74) is -0.0295. The third-order valence-electron chi connectivity index (χ3n) is 2.96. The van der Waals surface area contributed by atoms with Crippen LogP contribution in [0.15, 0.2) is 30.6 Å². The number of halogens is 1. The van der Waals surface area contributed by atoms with Gasteiger partial charge in [-0.3, -0.25) is 4.68 Å². The van der Waals surface area contributed by atoms with Gasteiger partial charge in [-0.15, -0.1) is 0 Å². The van der Waals surface area contributed by atoms with E-state index in [1.54, 1.807) is 4.68 Å². The number of aromatic nitrogens is 3. The Labute approximate surface area is 120 Å². The first-order valence-corrected chi connectivity index (χ1v) is 6.96. The van der Waals surface area contributed by atoms with Gasteiger partial charge in [0.15, 0.2) is 0 Å². The van der Waals surface area contributed by atoms with Crippen LogP contribution in [0.4, 0.5) is 0 Å². The molecule has 1 aromatic heterocycles. The van der Waals surface area contributed by atoms with Crippen LogP contribution in [-0.4, -0.2) is 19.9 Å². The van der Waals surface area contributed by atoms with Gasteiger partial charge in [0.25, 0.3) is 0 Å². The molecule has 1 unspecified atom stereocenters. The minimum atomic E-state index is -0.926. The molecular formula is C13H16IN3O. The Morgan fingerprint density at radius 2 is 2.00 bits per heavy atom. The van der Waals surface area contributed by atoms with Crippen molar-refractivity contribution in [2.45, 2.75) is 32.4 Å². The van der Waals surface area contributed by atoms with Gasteiger partial charge in [0.2, 0.25) is 0 Å². The molecule has 1 atom stereocenters. The molecule has 0 amide bonds. The smallest absolute Gasteiger partial charge is 0.138 e. The fourth-order valence-corrected chi connectivity index (χ4v) is 2.27. The van der Waals surface area contributed by atoms with Crippen molar-refractivity contribution in [3.05, 3.63) is 45.6 Å². The highest BCUT2D eigenvalue weighted by molar-refractivity contribution is 14.1. The molecule has 2 rings (SSSR count). The lowest BCUT2D eigenvalue weighted by atomic mass is 9.92. The van der Waals surface area contributed by atoms with Crippen LogP contribution in [0.2, 0.25) is 0 Å². The van der Waals surface area contributed by atoms with Crippen LogP contribution >= 0.6 is 22.6 Å². The maximum atomic E-state index is 10.6. The highest BCUT2D eigenvalue weighted by Gasteiger charge is 2.25. The van der Waals surface area contributed by atoms with Gasteiger partial charge in [0.05, 0.1) is 5.60 Å². The molecule has 0 aliphatic heterocycles. The number of aliphatic hydroxyl groups is 1. The van der Waals surface area contributed by atoms with Crippen molar-refractivity contribution in [3.8, 4) is 0 Å². The molecule has 0 bridgehead atoms. The maximum Gasteiger partial charge on any atom is 0.138 e. The Morgan fingerprint density at radius 1 is 1.33 bits per heavy atom. The number of nitrogens with zero attached hydrogens (tertiary/aromatic N) is 3. The SMILES string of the molecule is CCn1ncnc1CC(C)(O)c1ccc(I)cc1. The molecule has 0 radical (unpaired) electrons. The average molecular weight is 357 g/mol. The van der Waals surface area contributed by atoms with Gasteiger partial charge < -0.3 is 5.11 Å². The summed E-state index contributed by atoms with van der Waals surface area (Å²) >= 11 is 2.25. The highest BCUT2D eigenvalue weighted by Crippen LogP contribution is 2.25. The standard InChI is InChI=1S/C13H16IN3O/c1-3-17-12(15-9-16-17)8-13(2,18)10-4-6-11(14)7-5-10/h4-7,9,18H,3,8H2,1-2H3. The molecule has 4 nitrogen and oxygen atoms in total. The molecule has 0 spiro atoms. The van der Waals surface area contributed by atoms with E-state index in [9.17, 15) is 5.11 Å². The Balaban J connectivity index is 2.23. The van der Waals surface area contributed by atoms with E-state index in [1.165, 1.54) is 6.33 Å². The Morgan fingerprint density at radius 3 is 2.61 bits per heavy atom. The maximum absolute atomic E-state index is 10.6. The van der Waals surface area contributed by atoms with E-state index in [0.717, 1.165) is 21.5 Å². The first kappa shape index (κ1) is 13.5. The van der Waals surface area contributed by atoms with E-state index in [0.29, 0.717) is 6.42 Å². The molecule has 1 N–H and O–H groups in total. The summed E-state index contributed by atoms with van der Waals surface area (Å²) in [6.45, 7) is 4.58. The largest absolute Gasteiger partial charge is 0.385 e. The molecule has 0 fully saturated rings.